The fraction of sp³-hybridized carbons (Fsp3) is 0.455. The SMILES string of the molecule is O=C(c1ccc(OCC(F)(F)C(F)F)c(C(F)(F)F)c1)N1CC[C@]2(c3ccccn3)OCO[C@@H]2C1. The minimum Gasteiger partial charge on any atom is -0.486 e. The molecule has 2 fully saturated rings. The van der Waals surface area contributed by atoms with Crippen LogP contribution in [-0.2, 0) is 21.3 Å². The summed E-state index contributed by atoms with van der Waals surface area (Å²) in [4.78, 5) is 18.6. The number of alkyl halides is 7. The third-order valence-corrected chi connectivity index (χ3v) is 5.90. The van der Waals surface area contributed by atoms with Gasteiger partial charge in [0.2, 0.25) is 0 Å². The highest BCUT2D eigenvalue weighted by Gasteiger charge is 2.52. The molecule has 13 heteroatoms. The van der Waals surface area contributed by atoms with Crippen LogP contribution >= 0.6 is 0 Å². The van der Waals surface area contributed by atoms with Crippen LogP contribution in [0, 0.1) is 0 Å². The van der Waals surface area contributed by atoms with Gasteiger partial charge in [0.1, 0.15) is 24.2 Å². The number of aromatic nitrogens is 1. The summed E-state index contributed by atoms with van der Waals surface area (Å²) in [6.07, 6.45) is -7.96. The van der Waals surface area contributed by atoms with Crippen molar-refractivity contribution in [1.29, 1.82) is 0 Å². The Morgan fingerprint density at radius 3 is 2.63 bits per heavy atom. The van der Waals surface area contributed by atoms with Crippen LogP contribution in [0.1, 0.15) is 28.0 Å². The van der Waals surface area contributed by atoms with E-state index in [0.29, 0.717) is 17.8 Å². The molecule has 2 atom stereocenters. The van der Waals surface area contributed by atoms with E-state index in [1.807, 2.05) is 0 Å². The lowest BCUT2D eigenvalue weighted by Gasteiger charge is -2.41. The molecule has 2 aromatic rings. The molecule has 190 valence electrons. The van der Waals surface area contributed by atoms with Crippen molar-refractivity contribution >= 4 is 5.91 Å². The van der Waals surface area contributed by atoms with Crippen molar-refractivity contribution in [2.45, 2.75) is 36.7 Å². The van der Waals surface area contributed by atoms with Crippen LogP contribution in [0.25, 0.3) is 0 Å². The molecule has 35 heavy (non-hydrogen) atoms. The molecule has 0 aliphatic carbocycles. The molecule has 4 rings (SSSR count). The van der Waals surface area contributed by atoms with E-state index in [0.717, 1.165) is 6.07 Å². The first-order valence-corrected chi connectivity index (χ1v) is 10.4. The summed E-state index contributed by atoms with van der Waals surface area (Å²) < 4.78 is 107. The van der Waals surface area contributed by atoms with Crippen molar-refractivity contribution < 1.29 is 49.7 Å². The smallest absolute Gasteiger partial charge is 0.419 e. The van der Waals surface area contributed by atoms with Gasteiger partial charge in [-0.2, -0.15) is 22.0 Å². The molecule has 3 heterocycles. The van der Waals surface area contributed by atoms with E-state index in [4.69, 9.17) is 9.47 Å². The molecular weight excluding hydrogens is 489 g/mol. The zero-order valence-electron chi connectivity index (χ0n) is 17.9. The molecule has 0 unspecified atom stereocenters. The molecule has 0 spiro atoms. The zero-order valence-corrected chi connectivity index (χ0v) is 17.9. The van der Waals surface area contributed by atoms with Crippen molar-refractivity contribution in [2.75, 3.05) is 26.5 Å². The van der Waals surface area contributed by atoms with Gasteiger partial charge in [-0.3, -0.25) is 9.78 Å². The molecule has 0 bridgehead atoms. The molecular formula is C22H19F7N2O4. The zero-order chi connectivity index (χ0) is 25.4. The lowest BCUT2D eigenvalue weighted by molar-refractivity contribution is -0.153. The topological polar surface area (TPSA) is 60.9 Å². The van der Waals surface area contributed by atoms with Crippen molar-refractivity contribution in [3.63, 3.8) is 0 Å². The lowest BCUT2D eigenvalue weighted by Crippen LogP contribution is -2.53. The molecule has 0 radical (unpaired) electrons. The van der Waals surface area contributed by atoms with Crippen molar-refractivity contribution in [3.8, 4) is 5.75 Å². The number of halogens is 7. The molecule has 1 amide bonds. The number of nitrogens with zero attached hydrogens (tertiary/aromatic N) is 2. The van der Waals surface area contributed by atoms with Crippen LogP contribution in [0.2, 0.25) is 0 Å². The van der Waals surface area contributed by atoms with E-state index in [9.17, 15) is 35.5 Å². The van der Waals surface area contributed by atoms with Crippen molar-refractivity contribution in [3.05, 3.63) is 59.4 Å². The average molecular weight is 508 g/mol. The number of rotatable bonds is 6. The van der Waals surface area contributed by atoms with Crippen LogP contribution in [0.15, 0.2) is 42.6 Å². The summed E-state index contributed by atoms with van der Waals surface area (Å²) in [5, 5.41) is 0. The van der Waals surface area contributed by atoms with E-state index in [-0.39, 0.29) is 31.9 Å². The van der Waals surface area contributed by atoms with E-state index < -0.39 is 54.1 Å². The summed E-state index contributed by atoms with van der Waals surface area (Å²) in [5.74, 6) is -6.49. The predicted molar refractivity (Wildman–Crippen MR) is 105 cm³/mol. The number of amides is 1. The van der Waals surface area contributed by atoms with Crippen molar-refractivity contribution in [1.82, 2.24) is 9.88 Å². The van der Waals surface area contributed by atoms with E-state index in [1.165, 1.54) is 4.90 Å². The first kappa shape index (κ1) is 25.2. The van der Waals surface area contributed by atoms with Gasteiger partial charge in [-0.15, -0.1) is 0 Å². The fourth-order valence-electron chi connectivity index (χ4n) is 4.07. The first-order valence-electron chi connectivity index (χ1n) is 10.4. The molecule has 0 N–H and O–H groups in total. The summed E-state index contributed by atoms with van der Waals surface area (Å²) in [6.45, 7) is -1.87. The Morgan fingerprint density at radius 2 is 1.97 bits per heavy atom. The number of carbonyl (C=O) groups is 1. The molecule has 2 aliphatic rings. The number of hydrogen-bond acceptors (Lipinski definition) is 5. The molecule has 1 aromatic heterocycles. The number of pyridine rings is 1. The van der Waals surface area contributed by atoms with Gasteiger partial charge in [-0.05, 0) is 30.3 Å². The normalized spacial score (nSPS) is 22.9. The van der Waals surface area contributed by atoms with E-state index in [1.54, 1.807) is 24.4 Å². The quantitative estimate of drug-likeness (QED) is 0.539. The Bertz CT molecular complexity index is 1070. The monoisotopic (exact) mass is 508 g/mol. The van der Waals surface area contributed by atoms with Crippen molar-refractivity contribution in [2.24, 2.45) is 0 Å². The van der Waals surface area contributed by atoms with Crippen LogP contribution < -0.4 is 4.74 Å². The van der Waals surface area contributed by atoms with Crippen LogP contribution in [0.3, 0.4) is 0 Å². The van der Waals surface area contributed by atoms with Gasteiger partial charge in [0.25, 0.3) is 5.91 Å². The standard InChI is InChI=1S/C22H19F7N2O4/c23-19(24)21(25,26)11-33-15-5-4-13(9-14(15)22(27,28)29)18(32)31-8-6-20(16-3-1-2-7-30-16)17(10-31)34-12-35-20/h1-5,7,9,17,19H,6,8,10-12H2/t17-,20-/m1/s1. The van der Waals surface area contributed by atoms with Crippen LogP contribution in [0.4, 0.5) is 30.7 Å². The Hall–Kier alpha value is -2.93. The summed E-state index contributed by atoms with van der Waals surface area (Å²) in [5.41, 5.74) is -2.21. The van der Waals surface area contributed by atoms with E-state index in [2.05, 4.69) is 9.72 Å². The maximum atomic E-state index is 13.5. The van der Waals surface area contributed by atoms with Gasteiger partial charge in [0.05, 0.1) is 17.8 Å². The first-order chi connectivity index (χ1) is 16.4. The summed E-state index contributed by atoms with van der Waals surface area (Å²) in [6, 6.07) is 7.32. The number of benzene rings is 1. The maximum absolute atomic E-state index is 13.5. The highest BCUT2D eigenvalue weighted by Crippen LogP contribution is 2.42. The van der Waals surface area contributed by atoms with Gasteiger partial charge < -0.3 is 19.1 Å². The number of ether oxygens (including phenoxy) is 3. The van der Waals surface area contributed by atoms with Gasteiger partial charge in [0.15, 0.2) is 6.61 Å². The summed E-state index contributed by atoms with van der Waals surface area (Å²) >= 11 is 0. The Morgan fingerprint density at radius 1 is 1.20 bits per heavy atom. The van der Waals surface area contributed by atoms with Gasteiger partial charge >= 0.3 is 18.5 Å². The molecule has 6 nitrogen and oxygen atoms in total. The molecule has 1 aromatic carbocycles. The molecule has 0 saturated carbocycles. The minimum atomic E-state index is -5.09. The molecule has 2 aliphatic heterocycles. The maximum Gasteiger partial charge on any atom is 0.419 e. The Balaban J connectivity index is 1.54. The largest absolute Gasteiger partial charge is 0.486 e. The second-order valence-corrected chi connectivity index (χ2v) is 8.08. The highest BCUT2D eigenvalue weighted by molar-refractivity contribution is 5.94. The number of hydrogen-bond donors (Lipinski definition) is 0. The number of fused-ring (bicyclic) bond motifs is 1. The predicted octanol–water partition coefficient (Wildman–Crippen LogP) is 4.49. The Labute approximate surface area is 194 Å². The number of carbonyl (C=O) groups excluding carboxylic acids is 1. The number of likely N-dealkylation sites (tertiary alicyclic amines) is 1. The van der Waals surface area contributed by atoms with Gasteiger partial charge in [-0.25, -0.2) is 8.78 Å². The lowest BCUT2D eigenvalue weighted by atomic mass is 9.85. The molecule has 2 saturated heterocycles. The van der Waals surface area contributed by atoms with Gasteiger partial charge in [0, 0.05) is 24.7 Å². The second-order valence-electron chi connectivity index (χ2n) is 8.08. The summed E-state index contributed by atoms with van der Waals surface area (Å²) in [7, 11) is 0. The minimum absolute atomic E-state index is 0.00954. The third-order valence-electron chi connectivity index (χ3n) is 5.90. The fourth-order valence-corrected chi connectivity index (χ4v) is 4.07. The second kappa shape index (κ2) is 9.26. The third kappa shape index (κ3) is 4.92. The number of piperidine rings is 1. The van der Waals surface area contributed by atoms with Crippen LogP contribution in [-0.4, -0.2) is 60.7 Å². The van der Waals surface area contributed by atoms with Gasteiger partial charge in [-0.1, -0.05) is 6.07 Å². The van der Waals surface area contributed by atoms with E-state index >= 15 is 0 Å². The average Bonchev–Trinajstić information content (AvgIpc) is 3.26. The van der Waals surface area contributed by atoms with Crippen LogP contribution in [0.5, 0.6) is 5.75 Å². The highest BCUT2D eigenvalue weighted by atomic mass is 19.4. The Kier molecular flexibility index (Phi) is 6.66.